The molecular weight excluding hydrogens is 160 g/mol. The number of rotatable bonds is 0. The molecule has 1 N–H and O–H groups in total. The summed E-state index contributed by atoms with van der Waals surface area (Å²) < 4.78 is 0. The predicted octanol–water partition coefficient (Wildman–Crippen LogP) is 1.08. The topological polar surface area (TPSA) is 15.3 Å². The molecule has 3 fully saturated rings. The van der Waals surface area contributed by atoms with Crippen molar-refractivity contribution in [1.29, 1.82) is 0 Å². The van der Waals surface area contributed by atoms with Gasteiger partial charge in [0.25, 0.3) is 0 Å². The van der Waals surface area contributed by atoms with Crippen molar-refractivity contribution in [2.45, 2.75) is 25.7 Å². The molecule has 2 atom stereocenters. The first-order valence-electron chi connectivity index (χ1n) is 5.82. The van der Waals surface area contributed by atoms with Gasteiger partial charge in [0.15, 0.2) is 0 Å². The van der Waals surface area contributed by atoms with E-state index in [9.17, 15) is 0 Å². The van der Waals surface area contributed by atoms with Gasteiger partial charge < -0.3 is 10.2 Å². The maximum atomic E-state index is 3.50. The fourth-order valence-corrected chi connectivity index (χ4v) is 3.70. The van der Waals surface area contributed by atoms with Crippen LogP contribution >= 0.6 is 0 Å². The maximum absolute atomic E-state index is 3.50. The number of hydrogen-bond donors (Lipinski definition) is 1. The number of nitrogens with zero attached hydrogens (tertiary/aromatic N) is 1. The van der Waals surface area contributed by atoms with Crippen molar-refractivity contribution in [3.63, 3.8) is 0 Å². The normalized spacial score (nSPS) is 42.5. The largest absolute Gasteiger partial charge is 0.317 e. The Kier molecular flexibility index (Phi) is 1.88. The minimum absolute atomic E-state index is 0.762. The molecule has 2 heteroatoms. The number of hydrogen-bond acceptors (Lipinski definition) is 2. The van der Waals surface area contributed by atoms with Gasteiger partial charge in [0, 0.05) is 6.54 Å². The molecule has 3 heterocycles. The standard InChI is InChI=1S/C11H20N2/c1-7-13-8-4-11(10(1)9-13)2-5-12-6-3-11/h10,12H,1-9H2. The minimum Gasteiger partial charge on any atom is -0.317 e. The van der Waals surface area contributed by atoms with Crippen LogP contribution in [-0.2, 0) is 0 Å². The van der Waals surface area contributed by atoms with Gasteiger partial charge >= 0.3 is 0 Å². The highest BCUT2D eigenvalue weighted by molar-refractivity contribution is 4.98. The molecule has 3 rings (SSSR count). The Morgan fingerprint density at radius 2 is 1.92 bits per heavy atom. The van der Waals surface area contributed by atoms with E-state index in [-0.39, 0.29) is 0 Å². The molecule has 0 radical (unpaired) electrons. The van der Waals surface area contributed by atoms with Crippen LogP contribution in [0.5, 0.6) is 0 Å². The van der Waals surface area contributed by atoms with E-state index in [0.717, 1.165) is 11.3 Å². The van der Waals surface area contributed by atoms with E-state index >= 15 is 0 Å². The van der Waals surface area contributed by atoms with Crippen molar-refractivity contribution < 1.29 is 0 Å². The monoisotopic (exact) mass is 180 g/mol. The number of nitrogens with one attached hydrogen (secondary N) is 1. The van der Waals surface area contributed by atoms with Crippen molar-refractivity contribution in [1.82, 2.24) is 10.2 Å². The molecule has 0 aliphatic carbocycles. The van der Waals surface area contributed by atoms with Crippen LogP contribution in [0.15, 0.2) is 0 Å². The zero-order valence-corrected chi connectivity index (χ0v) is 8.39. The molecule has 0 saturated carbocycles. The Bertz CT molecular complexity index is 196. The number of piperidine rings is 2. The molecule has 0 aromatic carbocycles. The molecule has 1 spiro atoms. The maximum Gasteiger partial charge on any atom is 0.00155 e. The smallest absolute Gasteiger partial charge is 0.00155 e. The summed E-state index contributed by atoms with van der Waals surface area (Å²) >= 11 is 0. The summed E-state index contributed by atoms with van der Waals surface area (Å²) in [7, 11) is 0. The molecule has 13 heavy (non-hydrogen) atoms. The molecule has 74 valence electrons. The van der Waals surface area contributed by atoms with E-state index in [2.05, 4.69) is 10.2 Å². The third-order valence-corrected chi connectivity index (χ3v) is 4.66. The molecular formula is C11H20N2. The van der Waals surface area contributed by atoms with Crippen molar-refractivity contribution in [3.05, 3.63) is 0 Å². The lowest BCUT2D eigenvalue weighted by atomic mass is 9.65. The average Bonchev–Trinajstić information content (AvgIpc) is 2.60. The fraction of sp³-hybridized carbons (Fsp3) is 1.00. The molecule has 2 bridgehead atoms. The van der Waals surface area contributed by atoms with Crippen LogP contribution in [0.2, 0.25) is 0 Å². The molecule has 3 saturated heterocycles. The molecule has 2 unspecified atom stereocenters. The Balaban J connectivity index is 1.80. The van der Waals surface area contributed by atoms with Crippen LogP contribution in [0, 0.1) is 11.3 Å². The van der Waals surface area contributed by atoms with Gasteiger partial charge in [0.05, 0.1) is 0 Å². The Morgan fingerprint density at radius 1 is 1.08 bits per heavy atom. The molecule has 2 nitrogen and oxygen atoms in total. The highest BCUT2D eigenvalue weighted by Gasteiger charge is 2.45. The van der Waals surface area contributed by atoms with Crippen LogP contribution < -0.4 is 5.32 Å². The number of fused-ring (bicyclic) bond motifs is 3. The SMILES string of the molecule is C1CC2(CCN1)CCN1CCC2C1. The van der Waals surface area contributed by atoms with Gasteiger partial charge in [-0.05, 0) is 63.2 Å². The third-order valence-electron chi connectivity index (χ3n) is 4.66. The second kappa shape index (κ2) is 2.96. The summed E-state index contributed by atoms with van der Waals surface area (Å²) in [5.74, 6) is 1.04. The molecule has 3 aliphatic heterocycles. The van der Waals surface area contributed by atoms with Gasteiger partial charge in [-0.3, -0.25) is 0 Å². The van der Waals surface area contributed by atoms with E-state index in [1.54, 1.807) is 0 Å². The fourth-order valence-electron chi connectivity index (χ4n) is 3.70. The van der Waals surface area contributed by atoms with Crippen LogP contribution in [0.1, 0.15) is 25.7 Å². The molecule has 0 amide bonds. The summed E-state index contributed by atoms with van der Waals surface area (Å²) in [5, 5.41) is 3.50. The second-order valence-corrected chi connectivity index (χ2v) is 5.15. The van der Waals surface area contributed by atoms with Crippen molar-refractivity contribution in [3.8, 4) is 0 Å². The summed E-state index contributed by atoms with van der Waals surface area (Å²) in [6.07, 6.45) is 5.87. The van der Waals surface area contributed by atoms with Gasteiger partial charge in [-0.15, -0.1) is 0 Å². The highest BCUT2D eigenvalue weighted by Crippen LogP contribution is 2.47. The van der Waals surface area contributed by atoms with Gasteiger partial charge in [-0.1, -0.05) is 0 Å². The minimum atomic E-state index is 0.762. The zero-order valence-electron chi connectivity index (χ0n) is 8.39. The van der Waals surface area contributed by atoms with E-state index < -0.39 is 0 Å². The van der Waals surface area contributed by atoms with Crippen molar-refractivity contribution >= 4 is 0 Å². The summed E-state index contributed by atoms with van der Waals surface area (Å²) in [5.41, 5.74) is 0.762. The predicted molar refractivity (Wildman–Crippen MR) is 53.7 cm³/mol. The Morgan fingerprint density at radius 3 is 2.77 bits per heavy atom. The van der Waals surface area contributed by atoms with Gasteiger partial charge in [0.2, 0.25) is 0 Å². The van der Waals surface area contributed by atoms with E-state index in [4.69, 9.17) is 0 Å². The van der Waals surface area contributed by atoms with E-state index in [1.165, 1.54) is 58.4 Å². The van der Waals surface area contributed by atoms with Gasteiger partial charge in [0.1, 0.15) is 0 Å². The first-order valence-corrected chi connectivity index (χ1v) is 5.82. The lowest BCUT2D eigenvalue weighted by Gasteiger charge is -2.46. The second-order valence-electron chi connectivity index (χ2n) is 5.15. The lowest BCUT2D eigenvalue weighted by molar-refractivity contribution is 0.0554. The average molecular weight is 180 g/mol. The highest BCUT2D eigenvalue weighted by atomic mass is 15.2. The molecule has 3 aliphatic rings. The van der Waals surface area contributed by atoms with Crippen LogP contribution in [0.3, 0.4) is 0 Å². The summed E-state index contributed by atoms with van der Waals surface area (Å²) in [6.45, 7) is 6.74. The molecule has 0 aromatic heterocycles. The quantitative estimate of drug-likeness (QED) is 0.600. The van der Waals surface area contributed by atoms with E-state index in [0.29, 0.717) is 0 Å². The van der Waals surface area contributed by atoms with Crippen LogP contribution in [-0.4, -0.2) is 37.6 Å². The zero-order chi connectivity index (χ0) is 8.73. The Hall–Kier alpha value is -0.0800. The van der Waals surface area contributed by atoms with Crippen LogP contribution in [0.25, 0.3) is 0 Å². The first-order chi connectivity index (χ1) is 6.39. The van der Waals surface area contributed by atoms with Crippen molar-refractivity contribution in [2.24, 2.45) is 11.3 Å². The van der Waals surface area contributed by atoms with Crippen LogP contribution in [0.4, 0.5) is 0 Å². The van der Waals surface area contributed by atoms with Gasteiger partial charge in [-0.2, -0.15) is 0 Å². The van der Waals surface area contributed by atoms with Gasteiger partial charge in [-0.25, -0.2) is 0 Å². The summed E-state index contributed by atoms with van der Waals surface area (Å²) in [6, 6.07) is 0. The lowest BCUT2D eigenvalue weighted by Crippen LogP contribution is -2.47. The third kappa shape index (κ3) is 1.23. The van der Waals surface area contributed by atoms with Crippen molar-refractivity contribution in [2.75, 3.05) is 32.7 Å². The molecule has 0 aromatic rings. The summed E-state index contributed by atoms with van der Waals surface area (Å²) in [4.78, 5) is 2.66. The Labute approximate surface area is 80.7 Å². The first kappa shape index (κ1) is 8.25. The van der Waals surface area contributed by atoms with E-state index in [1.807, 2.05) is 0 Å².